The summed E-state index contributed by atoms with van der Waals surface area (Å²) in [6, 6.07) is -0.248. The third kappa shape index (κ3) is 2.08. The smallest absolute Gasteiger partial charge is 0.323 e. The van der Waals surface area contributed by atoms with Gasteiger partial charge >= 0.3 is 5.97 Å². The fourth-order valence-corrected chi connectivity index (χ4v) is 1.94. The zero-order valence-electron chi connectivity index (χ0n) is 6.24. The summed E-state index contributed by atoms with van der Waals surface area (Å²) in [5.41, 5.74) is 0. The molecule has 0 aromatic rings. The maximum atomic E-state index is 10.9. The van der Waals surface area contributed by atoms with Gasteiger partial charge in [-0.2, -0.15) is 0 Å². The lowest BCUT2D eigenvalue weighted by Gasteiger charge is -2.08. The number of methoxy groups -OCH3 is 1. The molecule has 5 heteroatoms. The van der Waals surface area contributed by atoms with Gasteiger partial charge in [-0.15, -0.1) is 11.8 Å². The number of ether oxygens (including phenoxy) is 1. The lowest BCUT2D eigenvalue weighted by molar-refractivity contribution is -0.142. The minimum atomic E-state index is -0.256. The Morgan fingerprint density at radius 3 is 3.09 bits per heavy atom. The van der Waals surface area contributed by atoms with E-state index in [4.69, 9.17) is 5.11 Å². The van der Waals surface area contributed by atoms with Crippen molar-refractivity contribution in [2.45, 2.75) is 11.4 Å². The number of carbonyl (C=O) groups is 1. The number of carbonyl (C=O) groups excluding carboxylic acids is 1. The molecule has 0 radical (unpaired) electrons. The van der Waals surface area contributed by atoms with Gasteiger partial charge in [0.15, 0.2) is 0 Å². The van der Waals surface area contributed by atoms with Crippen LogP contribution >= 0.6 is 11.8 Å². The Balaban J connectivity index is 2.35. The largest absolute Gasteiger partial charge is 0.468 e. The zero-order valence-corrected chi connectivity index (χ0v) is 7.06. The molecule has 0 aliphatic carbocycles. The fraction of sp³-hybridized carbons (Fsp3) is 0.833. The highest BCUT2D eigenvalue weighted by molar-refractivity contribution is 8.00. The summed E-state index contributed by atoms with van der Waals surface area (Å²) in [5.74, 6) is 0.422. The van der Waals surface area contributed by atoms with Crippen LogP contribution in [0, 0.1) is 0 Å². The Labute approximate surface area is 69.3 Å². The number of aliphatic hydroxyl groups is 1. The van der Waals surface area contributed by atoms with Gasteiger partial charge in [0.2, 0.25) is 0 Å². The molecule has 64 valence electrons. The number of rotatable bonds is 2. The lowest BCUT2D eigenvalue weighted by Crippen LogP contribution is -2.38. The predicted molar refractivity (Wildman–Crippen MR) is 42.3 cm³/mol. The number of thioether (sulfide) groups is 1. The summed E-state index contributed by atoms with van der Waals surface area (Å²) in [6.45, 7) is 0.0537. The van der Waals surface area contributed by atoms with Crippen molar-refractivity contribution in [2.75, 3.05) is 19.5 Å². The molecule has 1 fully saturated rings. The third-order valence-corrected chi connectivity index (χ3v) is 2.72. The molecular formula is C6H11NO3S. The molecule has 0 aromatic heterocycles. The van der Waals surface area contributed by atoms with E-state index in [0.717, 1.165) is 0 Å². The van der Waals surface area contributed by atoms with Crippen molar-refractivity contribution < 1.29 is 14.6 Å². The van der Waals surface area contributed by atoms with Crippen LogP contribution in [0.4, 0.5) is 0 Å². The van der Waals surface area contributed by atoms with Gasteiger partial charge in [0.1, 0.15) is 6.04 Å². The second-order valence-corrected chi connectivity index (χ2v) is 3.48. The molecule has 0 saturated carbocycles. The van der Waals surface area contributed by atoms with Gasteiger partial charge in [0.05, 0.1) is 19.1 Å². The van der Waals surface area contributed by atoms with Crippen LogP contribution in [0.15, 0.2) is 0 Å². The van der Waals surface area contributed by atoms with Crippen LogP contribution in [-0.2, 0) is 9.53 Å². The van der Waals surface area contributed by atoms with E-state index in [1.165, 1.54) is 18.9 Å². The monoisotopic (exact) mass is 177 g/mol. The van der Waals surface area contributed by atoms with E-state index in [9.17, 15) is 4.79 Å². The van der Waals surface area contributed by atoms with E-state index in [1.54, 1.807) is 0 Å². The van der Waals surface area contributed by atoms with Crippen LogP contribution in [-0.4, -0.2) is 42.0 Å². The second-order valence-electron chi connectivity index (χ2n) is 2.25. The average molecular weight is 177 g/mol. The van der Waals surface area contributed by atoms with E-state index in [1.807, 2.05) is 0 Å². The molecule has 1 rings (SSSR count). The summed E-state index contributed by atoms with van der Waals surface area (Å²) in [5, 5.41) is 11.6. The highest BCUT2D eigenvalue weighted by Crippen LogP contribution is 2.18. The first-order chi connectivity index (χ1) is 5.27. The molecule has 1 saturated heterocycles. The molecule has 0 bridgehead atoms. The van der Waals surface area contributed by atoms with Crippen molar-refractivity contribution in [2.24, 2.45) is 0 Å². The molecular weight excluding hydrogens is 166 g/mol. The highest BCUT2D eigenvalue weighted by Gasteiger charge is 2.29. The van der Waals surface area contributed by atoms with Gasteiger partial charge in [0, 0.05) is 5.75 Å². The van der Waals surface area contributed by atoms with Crippen LogP contribution in [0.5, 0.6) is 0 Å². The second kappa shape index (κ2) is 3.94. The number of hydrogen-bond donors (Lipinski definition) is 2. The Bertz CT molecular complexity index is 153. The van der Waals surface area contributed by atoms with Gasteiger partial charge < -0.3 is 9.84 Å². The van der Waals surface area contributed by atoms with E-state index in [2.05, 4.69) is 10.1 Å². The van der Waals surface area contributed by atoms with Crippen LogP contribution in [0.25, 0.3) is 0 Å². The first kappa shape index (κ1) is 8.83. The quantitative estimate of drug-likeness (QED) is 0.540. The van der Waals surface area contributed by atoms with Gasteiger partial charge in [-0.05, 0) is 0 Å². The van der Waals surface area contributed by atoms with Crippen molar-refractivity contribution in [3.63, 3.8) is 0 Å². The van der Waals surface area contributed by atoms with Crippen LogP contribution in [0.2, 0.25) is 0 Å². The molecule has 0 amide bonds. The Morgan fingerprint density at radius 2 is 2.64 bits per heavy atom. The first-order valence-corrected chi connectivity index (χ1v) is 4.39. The fourth-order valence-electron chi connectivity index (χ4n) is 0.917. The normalized spacial score (nSPS) is 30.4. The van der Waals surface area contributed by atoms with Gasteiger partial charge in [-0.1, -0.05) is 0 Å². The van der Waals surface area contributed by atoms with Crippen LogP contribution in [0.3, 0.4) is 0 Å². The van der Waals surface area contributed by atoms with Gasteiger partial charge in [0.25, 0.3) is 0 Å². The first-order valence-electron chi connectivity index (χ1n) is 3.34. The number of esters is 1. The number of nitrogens with one attached hydrogen (secondary N) is 1. The molecule has 1 aliphatic heterocycles. The Morgan fingerprint density at radius 1 is 1.91 bits per heavy atom. The van der Waals surface area contributed by atoms with Crippen molar-refractivity contribution in [1.29, 1.82) is 0 Å². The van der Waals surface area contributed by atoms with Crippen molar-refractivity contribution in [1.82, 2.24) is 5.32 Å². The van der Waals surface area contributed by atoms with Crippen molar-refractivity contribution in [3.8, 4) is 0 Å². The Kier molecular flexibility index (Phi) is 3.16. The molecule has 1 heterocycles. The zero-order chi connectivity index (χ0) is 8.27. The molecule has 4 nitrogen and oxygen atoms in total. The summed E-state index contributed by atoms with van der Waals surface area (Å²) < 4.78 is 4.53. The van der Waals surface area contributed by atoms with Crippen LogP contribution in [0.1, 0.15) is 0 Å². The molecule has 2 unspecified atom stereocenters. The minimum absolute atomic E-state index is 0.0147. The third-order valence-electron chi connectivity index (χ3n) is 1.50. The van der Waals surface area contributed by atoms with Gasteiger partial charge in [-0.25, -0.2) is 0 Å². The molecule has 0 spiro atoms. The summed E-state index contributed by atoms with van der Waals surface area (Å²) in [4.78, 5) is 10.9. The molecule has 2 atom stereocenters. The lowest BCUT2D eigenvalue weighted by atomic mass is 10.3. The topological polar surface area (TPSA) is 58.6 Å². The maximum Gasteiger partial charge on any atom is 0.323 e. The number of hydrogen-bond acceptors (Lipinski definition) is 5. The summed E-state index contributed by atoms with van der Waals surface area (Å²) in [6.07, 6.45) is 0. The molecule has 11 heavy (non-hydrogen) atoms. The Hall–Kier alpha value is -0.260. The summed E-state index contributed by atoms with van der Waals surface area (Å²) in [7, 11) is 1.36. The number of aliphatic hydroxyl groups excluding tert-OH is 1. The SMILES string of the molecule is COC(=O)C1CSC(CO)N1. The molecule has 0 aromatic carbocycles. The van der Waals surface area contributed by atoms with Gasteiger partial charge in [-0.3, -0.25) is 10.1 Å². The van der Waals surface area contributed by atoms with E-state index in [0.29, 0.717) is 5.75 Å². The summed E-state index contributed by atoms with van der Waals surface area (Å²) >= 11 is 1.53. The predicted octanol–water partition coefficient (Wildman–Crippen LogP) is -0.817. The van der Waals surface area contributed by atoms with Crippen molar-refractivity contribution in [3.05, 3.63) is 0 Å². The van der Waals surface area contributed by atoms with Crippen molar-refractivity contribution >= 4 is 17.7 Å². The van der Waals surface area contributed by atoms with Crippen LogP contribution < -0.4 is 5.32 Å². The molecule has 2 N–H and O–H groups in total. The highest BCUT2D eigenvalue weighted by atomic mass is 32.2. The molecule has 1 aliphatic rings. The standard InChI is InChI=1S/C6H11NO3S/c1-10-6(9)4-3-11-5(2-8)7-4/h4-5,7-8H,2-3H2,1H3. The van der Waals surface area contributed by atoms with E-state index in [-0.39, 0.29) is 24.0 Å². The minimum Gasteiger partial charge on any atom is -0.468 e. The maximum absolute atomic E-state index is 10.9. The van der Waals surface area contributed by atoms with E-state index >= 15 is 0 Å². The average Bonchev–Trinajstić information content (AvgIpc) is 2.50. The van der Waals surface area contributed by atoms with E-state index < -0.39 is 0 Å².